The SMILES string of the molecule is CCC(C(=O)O)c1occc1[AsH2]. The molecule has 0 aliphatic carbocycles. The molecule has 0 aliphatic rings. The number of hydrogen-bond acceptors (Lipinski definition) is 2. The fraction of sp³-hybridized carbons (Fsp3) is 0.375. The van der Waals surface area contributed by atoms with Crippen molar-refractivity contribution < 1.29 is 14.3 Å². The molecule has 4 heteroatoms. The van der Waals surface area contributed by atoms with Gasteiger partial charge >= 0.3 is 78.8 Å². The van der Waals surface area contributed by atoms with Gasteiger partial charge in [-0.1, -0.05) is 0 Å². The van der Waals surface area contributed by atoms with Crippen molar-refractivity contribution in [1.82, 2.24) is 0 Å². The standard InChI is InChI=1S/C8H11AsO3/c1-2-5(8(10)11)7-6(9)3-4-12-7/h3-5H,2,9H2,1H3,(H,10,11). The van der Waals surface area contributed by atoms with E-state index in [1.807, 2.05) is 6.92 Å². The predicted octanol–water partition coefficient (Wildman–Crippen LogP) is 0.116. The van der Waals surface area contributed by atoms with E-state index in [0.717, 1.165) is 4.35 Å². The Morgan fingerprint density at radius 3 is 2.83 bits per heavy atom. The number of carboxylic acids is 1. The number of furan rings is 1. The Kier molecular flexibility index (Phi) is 2.98. The Hall–Kier alpha value is -0.692. The summed E-state index contributed by atoms with van der Waals surface area (Å²) in [5.74, 6) is -0.696. The molecule has 2 atom stereocenters. The first-order valence-electron chi connectivity index (χ1n) is 3.72. The van der Waals surface area contributed by atoms with Crippen LogP contribution in [0.5, 0.6) is 0 Å². The van der Waals surface area contributed by atoms with Gasteiger partial charge in [-0.05, 0) is 0 Å². The van der Waals surface area contributed by atoms with Crippen LogP contribution in [0.3, 0.4) is 0 Å². The van der Waals surface area contributed by atoms with Crippen LogP contribution in [0.1, 0.15) is 25.0 Å². The topological polar surface area (TPSA) is 50.4 Å². The molecule has 1 aromatic heterocycles. The van der Waals surface area contributed by atoms with Gasteiger partial charge in [0.15, 0.2) is 0 Å². The van der Waals surface area contributed by atoms with Crippen molar-refractivity contribution >= 4 is 27.2 Å². The van der Waals surface area contributed by atoms with Gasteiger partial charge in [-0.25, -0.2) is 0 Å². The van der Waals surface area contributed by atoms with Crippen LogP contribution in [0.4, 0.5) is 0 Å². The number of carboxylic acid groups (broad SMARTS) is 1. The van der Waals surface area contributed by atoms with Crippen molar-refractivity contribution in [2.45, 2.75) is 19.3 Å². The Bertz CT molecular complexity index is 280. The summed E-state index contributed by atoms with van der Waals surface area (Å²) >= 11 is 1.40. The van der Waals surface area contributed by atoms with Crippen molar-refractivity contribution in [2.24, 2.45) is 0 Å². The molecule has 66 valence electrons. The van der Waals surface area contributed by atoms with Crippen LogP contribution >= 0.6 is 0 Å². The van der Waals surface area contributed by atoms with Gasteiger partial charge in [0.05, 0.1) is 0 Å². The first kappa shape index (κ1) is 9.40. The summed E-state index contributed by atoms with van der Waals surface area (Å²) in [6.45, 7) is 1.84. The third kappa shape index (κ3) is 1.72. The number of rotatable bonds is 3. The molecule has 0 saturated carbocycles. The van der Waals surface area contributed by atoms with Gasteiger partial charge in [-0.3, -0.25) is 0 Å². The molecular formula is C8H11AsO3. The quantitative estimate of drug-likeness (QED) is 0.750. The van der Waals surface area contributed by atoms with Gasteiger partial charge in [-0.2, -0.15) is 0 Å². The van der Waals surface area contributed by atoms with Crippen LogP contribution in [-0.2, 0) is 4.79 Å². The van der Waals surface area contributed by atoms with Crippen molar-refractivity contribution in [1.29, 1.82) is 0 Å². The average molecular weight is 230 g/mol. The molecule has 0 radical (unpaired) electrons. The zero-order valence-corrected chi connectivity index (χ0v) is 9.20. The van der Waals surface area contributed by atoms with E-state index in [-0.39, 0.29) is 0 Å². The van der Waals surface area contributed by atoms with E-state index < -0.39 is 11.9 Å². The van der Waals surface area contributed by atoms with Gasteiger partial charge in [0.25, 0.3) is 0 Å². The van der Waals surface area contributed by atoms with Gasteiger partial charge in [0.2, 0.25) is 0 Å². The third-order valence-corrected chi connectivity index (χ3v) is 2.75. The molecule has 0 spiro atoms. The first-order valence-corrected chi connectivity index (χ1v) is 4.93. The molecule has 1 aromatic rings. The van der Waals surface area contributed by atoms with Gasteiger partial charge in [0, 0.05) is 0 Å². The summed E-state index contributed by atoms with van der Waals surface area (Å²) in [4.78, 5) is 10.7. The van der Waals surface area contributed by atoms with Crippen molar-refractivity contribution in [3.8, 4) is 0 Å². The minimum atomic E-state index is -0.814. The molecule has 0 bridgehead atoms. The van der Waals surface area contributed by atoms with Gasteiger partial charge in [-0.15, -0.1) is 0 Å². The molecule has 1 N–H and O–H groups in total. The Labute approximate surface area is 79.3 Å². The zero-order valence-electron chi connectivity index (χ0n) is 6.78. The van der Waals surface area contributed by atoms with E-state index in [4.69, 9.17) is 9.52 Å². The Morgan fingerprint density at radius 2 is 2.50 bits per heavy atom. The molecular weight excluding hydrogens is 219 g/mol. The molecule has 3 nitrogen and oxygen atoms in total. The minimum absolute atomic E-state index is 0.484. The van der Waals surface area contributed by atoms with E-state index in [1.54, 1.807) is 6.07 Å². The maximum atomic E-state index is 10.7. The predicted molar refractivity (Wildman–Crippen MR) is 47.6 cm³/mol. The summed E-state index contributed by atoms with van der Waals surface area (Å²) in [6, 6.07) is 1.81. The average Bonchev–Trinajstić information content (AvgIpc) is 2.38. The van der Waals surface area contributed by atoms with E-state index >= 15 is 0 Å². The monoisotopic (exact) mass is 230 g/mol. The van der Waals surface area contributed by atoms with Crippen LogP contribution in [0.25, 0.3) is 0 Å². The molecule has 0 aromatic carbocycles. The summed E-state index contributed by atoms with van der Waals surface area (Å²) in [5, 5.41) is 8.82. The molecule has 0 saturated heterocycles. The fourth-order valence-corrected chi connectivity index (χ4v) is 1.82. The third-order valence-electron chi connectivity index (χ3n) is 1.75. The van der Waals surface area contributed by atoms with Crippen molar-refractivity contribution in [2.75, 3.05) is 0 Å². The van der Waals surface area contributed by atoms with Crippen LogP contribution in [0, 0.1) is 0 Å². The maximum absolute atomic E-state index is 10.7. The Balaban J connectivity index is 2.94. The Morgan fingerprint density at radius 1 is 1.83 bits per heavy atom. The number of hydrogen-bond donors (Lipinski definition) is 1. The van der Waals surface area contributed by atoms with Crippen LogP contribution in [0.2, 0.25) is 0 Å². The van der Waals surface area contributed by atoms with Gasteiger partial charge in [0.1, 0.15) is 0 Å². The van der Waals surface area contributed by atoms with Gasteiger partial charge < -0.3 is 0 Å². The van der Waals surface area contributed by atoms with Crippen molar-refractivity contribution in [3.05, 3.63) is 18.1 Å². The van der Waals surface area contributed by atoms with E-state index in [2.05, 4.69) is 0 Å². The van der Waals surface area contributed by atoms with E-state index in [1.165, 1.54) is 23.1 Å². The zero-order chi connectivity index (χ0) is 9.14. The molecule has 1 rings (SSSR count). The molecule has 0 aliphatic heterocycles. The molecule has 1 heterocycles. The molecule has 12 heavy (non-hydrogen) atoms. The second kappa shape index (κ2) is 3.81. The van der Waals surface area contributed by atoms with Crippen LogP contribution in [0.15, 0.2) is 16.7 Å². The second-order valence-corrected chi connectivity index (χ2v) is 3.84. The van der Waals surface area contributed by atoms with E-state index in [9.17, 15) is 4.79 Å². The van der Waals surface area contributed by atoms with Crippen LogP contribution in [-0.4, -0.2) is 27.9 Å². The summed E-state index contributed by atoms with van der Waals surface area (Å²) in [6.07, 6.45) is 2.11. The van der Waals surface area contributed by atoms with Crippen molar-refractivity contribution in [3.63, 3.8) is 0 Å². The molecule has 0 amide bonds. The number of aliphatic carboxylic acids is 1. The molecule has 0 fully saturated rings. The normalized spacial score (nSPS) is 12.8. The molecule has 2 unspecified atom stereocenters. The summed E-state index contributed by atoms with van der Waals surface area (Å²) < 4.78 is 6.08. The summed E-state index contributed by atoms with van der Waals surface area (Å²) in [7, 11) is 0. The number of carbonyl (C=O) groups is 1. The first-order chi connectivity index (χ1) is 5.66. The fourth-order valence-electron chi connectivity index (χ4n) is 1.09. The van der Waals surface area contributed by atoms with E-state index in [0.29, 0.717) is 12.2 Å². The van der Waals surface area contributed by atoms with Crippen LogP contribution < -0.4 is 4.35 Å². The second-order valence-electron chi connectivity index (χ2n) is 2.54. The summed E-state index contributed by atoms with van der Waals surface area (Å²) in [5.41, 5.74) is 0.